The van der Waals surface area contributed by atoms with Gasteiger partial charge in [-0.05, 0) is 60.4 Å². The molecule has 3 aromatic rings. The maximum atomic E-state index is 13.2. The van der Waals surface area contributed by atoms with Gasteiger partial charge in [-0.1, -0.05) is 36.4 Å². The number of halogens is 1. The highest BCUT2D eigenvalue weighted by Crippen LogP contribution is 2.34. The van der Waals surface area contributed by atoms with Crippen LogP contribution in [-0.2, 0) is 27.7 Å². The first kappa shape index (κ1) is 20.1. The third-order valence-electron chi connectivity index (χ3n) is 5.05. The number of benzene rings is 3. The molecule has 1 heterocycles. The van der Waals surface area contributed by atoms with E-state index in [0.29, 0.717) is 23.5 Å². The molecule has 1 aliphatic heterocycles. The summed E-state index contributed by atoms with van der Waals surface area (Å²) < 4.78 is 40.8. The summed E-state index contributed by atoms with van der Waals surface area (Å²) in [5.41, 5.74) is 2.73. The molecule has 0 saturated carbocycles. The van der Waals surface area contributed by atoms with E-state index in [0.717, 1.165) is 18.4 Å². The lowest BCUT2D eigenvalue weighted by Gasteiger charge is -2.31. The van der Waals surface area contributed by atoms with E-state index in [4.69, 9.17) is 0 Å². The predicted octanol–water partition coefficient (Wildman–Crippen LogP) is 4.15. The summed E-state index contributed by atoms with van der Waals surface area (Å²) in [6.45, 7) is 0.386. The normalized spacial score (nSPS) is 13.6. The SMILES string of the molecule is O=C(Cc1ccc(F)cc1)Nc1ccc2c(c1)N(S(=O)(=O)c1ccccc1)CCC2. The number of nitrogens with zero attached hydrogens (tertiary/aromatic N) is 1. The van der Waals surface area contributed by atoms with Crippen LogP contribution in [0, 0.1) is 5.82 Å². The Kier molecular flexibility index (Phi) is 5.55. The number of amides is 1. The number of rotatable bonds is 5. The molecule has 0 aliphatic carbocycles. The van der Waals surface area contributed by atoms with E-state index in [1.807, 2.05) is 6.07 Å². The number of carbonyl (C=O) groups excluding carboxylic acids is 1. The number of carbonyl (C=O) groups is 1. The van der Waals surface area contributed by atoms with Gasteiger partial charge in [-0.2, -0.15) is 0 Å². The lowest BCUT2D eigenvalue weighted by atomic mass is 10.0. The van der Waals surface area contributed by atoms with Gasteiger partial charge in [-0.15, -0.1) is 0 Å². The lowest BCUT2D eigenvalue weighted by molar-refractivity contribution is -0.115. The molecule has 0 bridgehead atoms. The third-order valence-corrected chi connectivity index (χ3v) is 6.88. The fraction of sp³-hybridized carbons (Fsp3) is 0.174. The largest absolute Gasteiger partial charge is 0.326 e. The molecule has 5 nitrogen and oxygen atoms in total. The van der Waals surface area contributed by atoms with Crippen LogP contribution in [0.1, 0.15) is 17.5 Å². The summed E-state index contributed by atoms with van der Waals surface area (Å²) in [5.74, 6) is -0.608. The van der Waals surface area contributed by atoms with Crippen molar-refractivity contribution in [1.29, 1.82) is 0 Å². The molecule has 1 N–H and O–H groups in total. The van der Waals surface area contributed by atoms with Crippen molar-refractivity contribution in [3.05, 3.63) is 89.7 Å². The van der Waals surface area contributed by atoms with Crippen LogP contribution in [0.3, 0.4) is 0 Å². The average molecular weight is 424 g/mol. The summed E-state index contributed by atoms with van der Waals surface area (Å²) in [7, 11) is -3.69. The second-order valence-corrected chi connectivity index (χ2v) is 9.05. The van der Waals surface area contributed by atoms with Gasteiger partial charge < -0.3 is 5.32 Å². The van der Waals surface area contributed by atoms with Crippen LogP contribution in [0.15, 0.2) is 77.7 Å². The van der Waals surface area contributed by atoms with Crippen molar-refractivity contribution in [3.8, 4) is 0 Å². The molecule has 0 atom stereocenters. The zero-order valence-corrected chi connectivity index (χ0v) is 17.0. The van der Waals surface area contributed by atoms with Crippen molar-refractivity contribution >= 4 is 27.3 Å². The van der Waals surface area contributed by atoms with Crippen molar-refractivity contribution in [2.45, 2.75) is 24.2 Å². The number of anilines is 2. The molecule has 0 saturated heterocycles. The zero-order valence-electron chi connectivity index (χ0n) is 16.2. The Hall–Kier alpha value is -3.19. The lowest BCUT2D eigenvalue weighted by Crippen LogP contribution is -2.35. The molecule has 0 spiro atoms. The maximum absolute atomic E-state index is 13.2. The van der Waals surface area contributed by atoms with Gasteiger partial charge in [0.05, 0.1) is 17.0 Å². The number of hydrogen-bond donors (Lipinski definition) is 1. The van der Waals surface area contributed by atoms with Gasteiger partial charge in [0.1, 0.15) is 5.82 Å². The predicted molar refractivity (Wildman–Crippen MR) is 114 cm³/mol. The van der Waals surface area contributed by atoms with Crippen molar-refractivity contribution in [2.24, 2.45) is 0 Å². The van der Waals surface area contributed by atoms with Gasteiger partial charge >= 0.3 is 0 Å². The number of aryl methyl sites for hydroxylation is 1. The number of sulfonamides is 1. The minimum absolute atomic E-state index is 0.101. The molecule has 3 aromatic carbocycles. The van der Waals surface area contributed by atoms with Gasteiger partial charge in [-0.3, -0.25) is 9.10 Å². The van der Waals surface area contributed by atoms with Crippen LogP contribution in [0.25, 0.3) is 0 Å². The Morgan fingerprint density at radius 3 is 2.47 bits per heavy atom. The van der Waals surface area contributed by atoms with Crippen LogP contribution < -0.4 is 9.62 Å². The topological polar surface area (TPSA) is 66.5 Å². The minimum atomic E-state index is -3.69. The van der Waals surface area contributed by atoms with Crippen LogP contribution in [0.5, 0.6) is 0 Å². The molecule has 0 fully saturated rings. The van der Waals surface area contributed by atoms with Crippen LogP contribution in [-0.4, -0.2) is 20.9 Å². The molecule has 0 unspecified atom stereocenters. The number of nitrogens with one attached hydrogen (secondary N) is 1. The van der Waals surface area contributed by atoms with E-state index < -0.39 is 10.0 Å². The van der Waals surface area contributed by atoms with E-state index in [1.165, 1.54) is 16.4 Å². The smallest absolute Gasteiger partial charge is 0.264 e. The van der Waals surface area contributed by atoms with E-state index in [2.05, 4.69) is 5.32 Å². The van der Waals surface area contributed by atoms with Gasteiger partial charge in [0, 0.05) is 12.2 Å². The minimum Gasteiger partial charge on any atom is -0.326 e. The van der Waals surface area contributed by atoms with Gasteiger partial charge in [0.2, 0.25) is 5.91 Å². The average Bonchev–Trinajstić information content (AvgIpc) is 2.75. The van der Waals surface area contributed by atoms with Gasteiger partial charge in [-0.25, -0.2) is 12.8 Å². The highest BCUT2D eigenvalue weighted by atomic mass is 32.2. The van der Waals surface area contributed by atoms with E-state index in [9.17, 15) is 17.6 Å². The summed E-state index contributed by atoms with van der Waals surface area (Å²) in [6.07, 6.45) is 1.61. The molecule has 7 heteroatoms. The highest BCUT2D eigenvalue weighted by molar-refractivity contribution is 7.92. The second-order valence-electron chi connectivity index (χ2n) is 7.19. The van der Waals surface area contributed by atoms with Gasteiger partial charge in [0.15, 0.2) is 0 Å². The first-order chi connectivity index (χ1) is 14.4. The highest BCUT2D eigenvalue weighted by Gasteiger charge is 2.29. The third kappa shape index (κ3) is 4.21. The number of hydrogen-bond acceptors (Lipinski definition) is 3. The van der Waals surface area contributed by atoms with Crippen molar-refractivity contribution in [2.75, 3.05) is 16.2 Å². The first-order valence-electron chi connectivity index (χ1n) is 9.68. The van der Waals surface area contributed by atoms with Crippen molar-refractivity contribution in [1.82, 2.24) is 0 Å². The monoisotopic (exact) mass is 424 g/mol. The Labute approximate surface area is 175 Å². The molecular weight excluding hydrogens is 403 g/mol. The summed E-state index contributed by atoms with van der Waals surface area (Å²) in [4.78, 5) is 12.6. The molecule has 154 valence electrons. The molecular formula is C23H21FN2O3S. The van der Waals surface area contributed by atoms with E-state index >= 15 is 0 Å². The molecule has 0 aromatic heterocycles. The summed E-state index contributed by atoms with van der Waals surface area (Å²) in [6, 6.07) is 19.4. The summed E-state index contributed by atoms with van der Waals surface area (Å²) >= 11 is 0. The Balaban J connectivity index is 1.58. The number of fused-ring (bicyclic) bond motifs is 1. The fourth-order valence-corrected chi connectivity index (χ4v) is 5.13. The maximum Gasteiger partial charge on any atom is 0.264 e. The zero-order chi connectivity index (χ0) is 21.1. The molecule has 4 rings (SSSR count). The molecule has 0 radical (unpaired) electrons. The fourth-order valence-electron chi connectivity index (χ4n) is 3.58. The Morgan fingerprint density at radius 2 is 1.73 bits per heavy atom. The second kappa shape index (κ2) is 8.28. The quantitative estimate of drug-likeness (QED) is 0.669. The van der Waals surface area contributed by atoms with E-state index in [-0.39, 0.29) is 23.0 Å². The van der Waals surface area contributed by atoms with Crippen molar-refractivity contribution in [3.63, 3.8) is 0 Å². The van der Waals surface area contributed by atoms with Crippen molar-refractivity contribution < 1.29 is 17.6 Å². The Morgan fingerprint density at radius 1 is 1.00 bits per heavy atom. The molecule has 30 heavy (non-hydrogen) atoms. The van der Waals surface area contributed by atoms with Crippen LogP contribution >= 0.6 is 0 Å². The van der Waals surface area contributed by atoms with E-state index in [1.54, 1.807) is 54.6 Å². The van der Waals surface area contributed by atoms with Gasteiger partial charge in [0.25, 0.3) is 10.0 Å². The van der Waals surface area contributed by atoms with Crippen LogP contribution in [0.2, 0.25) is 0 Å². The standard InChI is InChI=1S/C23H21FN2O3S/c24-19-11-8-17(9-12-19)15-23(27)25-20-13-10-18-5-4-14-26(22(18)16-20)30(28,29)21-6-2-1-3-7-21/h1-3,6-13,16H,4-5,14-15H2,(H,25,27). The van der Waals surface area contributed by atoms with Crippen LogP contribution in [0.4, 0.5) is 15.8 Å². The Bertz CT molecular complexity index is 1160. The molecule has 1 amide bonds. The first-order valence-corrected chi connectivity index (χ1v) is 11.1. The summed E-state index contributed by atoms with van der Waals surface area (Å²) in [5, 5.41) is 2.81. The molecule has 1 aliphatic rings.